The molecule has 1 aliphatic heterocycles. The van der Waals surface area contributed by atoms with Gasteiger partial charge in [0.2, 0.25) is 0 Å². The zero-order valence-corrected chi connectivity index (χ0v) is 10.2. The lowest BCUT2D eigenvalue weighted by atomic mass is 9.96. The third-order valence-electron chi connectivity index (χ3n) is 3.27. The topological polar surface area (TPSA) is 15.3 Å². The van der Waals surface area contributed by atoms with E-state index in [1.807, 2.05) is 6.08 Å². The van der Waals surface area contributed by atoms with E-state index in [2.05, 4.69) is 23.7 Å². The Kier molecular flexibility index (Phi) is 6.69. The number of piperidine rings is 1. The molecule has 0 spiro atoms. The number of likely N-dealkylation sites (tertiary alicyclic amines) is 1. The Hall–Kier alpha value is -0.340. The Balaban J connectivity index is 2.04. The van der Waals surface area contributed by atoms with Crippen LogP contribution in [0.3, 0.4) is 0 Å². The Labute approximate surface area is 94.7 Å². The van der Waals surface area contributed by atoms with Gasteiger partial charge in [0.25, 0.3) is 0 Å². The Bertz CT molecular complexity index is 160. The molecular formula is C13H26N2. The number of nitrogens with zero attached hydrogens (tertiary/aromatic N) is 1. The van der Waals surface area contributed by atoms with Gasteiger partial charge < -0.3 is 10.2 Å². The lowest BCUT2D eigenvalue weighted by Gasteiger charge is -2.31. The molecule has 0 aromatic heterocycles. The van der Waals surface area contributed by atoms with Crippen LogP contribution in [0.15, 0.2) is 12.7 Å². The quantitative estimate of drug-likeness (QED) is 0.512. The molecule has 0 atom stereocenters. The van der Waals surface area contributed by atoms with E-state index in [1.165, 1.54) is 45.4 Å². The lowest BCUT2D eigenvalue weighted by molar-refractivity contribution is 0.181. The highest BCUT2D eigenvalue weighted by Crippen LogP contribution is 2.16. The minimum Gasteiger partial charge on any atom is -0.317 e. The molecule has 0 aromatic carbocycles. The first-order valence-corrected chi connectivity index (χ1v) is 6.40. The fourth-order valence-electron chi connectivity index (χ4n) is 2.22. The summed E-state index contributed by atoms with van der Waals surface area (Å²) in [5.41, 5.74) is 0. The van der Waals surface area contributed by atoms with E-state index in [0.717, 1.165) is 18.9 Å². The van der Waals surface area contributed by atoms with E-state index < -0.39 is 0 Å². The van der Waals surface area contributed by atoms with Gasteiger partial charge in [-0.15, -0.1) is 6.58 Å². The van der Waals surface area contributed by atoms with Crippen LogP contribution in [-0.4, -0.2) is 37.6 Å². The standard InChI is InChI=1S/C13H26N2/c1-3-5-6-9-15-10-7-13(8-11-15)12-14-4-2/h3,13-14H,1,4-12H2,2H3. The van der Waals surface area contributed by atoms with Crippen molar-refractivity contribution in [1.29, 1.82) is 0 Å². The molecule has 0 bridgehead atoms. The summed E-state index contributed by atoms with van der Waals surface area (Å²) in [5, 5.41) is 3.45. The highest BCUT2D eigenvalue weighted by atomic mass is 15.1. The lowest BCUT2D eigenvalue weighted by Crippen LogP contribution is -2.37. The molecule has 1 fully saturated rings. The van der Waals surface area contributed by atoms with E-state index in [-0.39, 0.29) is 0 Å². The van der Waals surface area contributed by atoms with Gasteiger partial charge in [-0.1, -0.05) is 13.0 Å². The van der Waals surface area contributed by atoms with Crippen LogP contribution in [0.1, 0.15) is 32.6 Å². The number of nitrogens with one attached hydrogen (secondary N) is 1. The first kappa shape index (κ1) is 12.7. The molecule has 0 aromatic rings. The third-order valence-corrected chi connectivity index (χ3v) is 3.27. The van der Waals surface area contributed by atoms with Crippen molar-refractivity contribution in [2.75, 3.05) is 32.7 Å². The highest BCUT2D eigenvalue weighted by molar-refractivity contribution is 4.75. The monoisotopic (exact) mass is 210 g/mol. The summed E-state index contributed by atoms with van der Waals surface area (Å²) in [7, 11) is 0. The average molecular weight is 210 g/mol. The van der Waals surface area contributed by atoms with Gasteiger partial charge in [0.05, 0.1) is 0 Å². The fourth-order valence-corrected chi connectivity index (χ4v) is 2.22. The SMILES string of the molecule is C=CCCCN1CCC(CNCC)CC1. The van der Waals surface area contributed by atoms with Crippen molar-refractivity contribution >= 4 is 0 Å². The van der Waals surface area contributed by atoms with Crippen molar-refractivity contribution in [3.63, 3.8) is 0 Å². The van der Waals surface area contributed by atoms with Crippen LogP contribution >= 0.6 is 0 Å². The average Bonchev–Trinajstić information content (AvgIpc) is 2.28. The molecule has 1 aliphatic rings. The predicted molar refractivity (Wildman–Crippen MR) is 67.1 cm³/mol. The van der Waals surface area contributed by atoms with E-state index in [4.69, 9.17) is 0 Å². The van der Waals surface area contributed by atoms with Gasteiger partial charge in [0.1, 0.15) is 0 Å². The number of hydrogen-bond acceptors (Lipinski definition) is 2. The first-order chi connectivity index (χ1) is 7.36. The summed E-state index contributed by atoms with van der Waals surface area (Å²) in [4.78, 5) is 2.60. The van der Waals surface area contributed by atoms with Gasteiger partial charge in [0, 0.05) is 0 Å². The molecule has 1 heterocycles. The molecule has 0 radical (unpaired) electrons. The summed E-state index contributed by atoms with van der Waals surface area (Å²) in [6.45, 7) is 12.1. The number of hydrogen-bond donors (Lipinski definition) is 1. The summed E-state index contributed by atoms with van der Waals surface area (Å²) in [5.74, 6) is 0.917. The van der Waals surface area contributed by atoms with Crippen molar-refractivity contribution in [2.24, 2.45) is 5.92 Å². The van der Waals surface area contributed by atoms with Crippen LogP contribution in [0.2, 0.25) is 0 Å². The Morgan fingerprint density at radius 2 is 2.13 bits per heavy atom. The maximum atomic E-state index is 3.76. The van der Waals surface area contributed by atoms with Crippen LogP contribution in [0.4, 0.5) is 0 Å². The molecular weight excluding hydrogens is 184 g/mol. The highest BCUT2D eigenvalue weighted by Gasteiger charge is 2.17. The van der Waals surface area contributed by atoms with E-state index >= 15 is 0 Å². The van der Waals surface area contributed by atoms with E-state index in [9.17, 15) is 0 Å². The molecule has 88 valence electrons. The van der Waals surface area contributed by atoms with Crippen LogP contribution < -0.4 is 5.32 Å². The molecule has 0 unspecified atom stereocenters. The maximum absolute atomic E-state index is 3.76. The summed E-state index contributed by atoms with van der Waals surface area (Å²) >= 11 is 0. The molecule has 1 rings (SSSR count). The fraction of sp³-hybridized carbons (Fsp3) is 0.846. The molecule has 1 saturated heterocycles. The predicted octanol–water partition coefficient (Wildman–Crippen LogP) is 2.27. The normalized spacial score (nSPS) is 19.3. The molecule has 0 amide bonds. The van der Waals surface area contributed by atoms with Gasteiger partial charge >= 0.3 is 0 Å². The van der Waals surface area contributed by atoms with Gasteiger partial charge in [-0.25, -0.2) is 0 Å². The van der Waals surface area contributed by atoms with Gasteiger partial charge in [-0.2, -0.15) is 0 Å². The first-order valence-electron chi connectivity index (χ1n) is 6.40. The van der Waals surface area contributed by atoms with Crippen molar-refractivity contribution in [3.8, 4) is 0 Å². The van der Waals surface area contributed by atoms with Crippen molar-refractivity contribution < 1.29 is 0 Å². The van der Waals surface area contributed by atoms with Crippen molar-refractivity contribution in [2.45, 2.75) is 32.6 Å². The van der Waals surface area contributed by atoms with Crippen LogP contribution in [0, 0.1) is 5.92 Å². The second-order valence-corrected chi connectivity index (χ2v) is 4.52. The van der Waals surface area contributed by atoms with Crippen molar-refractivity contribution in [3.05, 3.63) is 12.7 Å². The maximum Gasteiger partial charge on any atom is -0.00156 e. The Morgan fingerprint density at radius 1 is 1.40 bits per heavy atom. The molecule has 0 aliphatic carbocycles. The summed E-state index contributed by atoms with van der Waals surface area (Å²) in [6.07, 6.45) is 7.22. The van der Waals surface area contributed by atoms with Crippen LogP contribution in [0.25, 0.3) is 0 Å². The smallest absolute Gasteiger partial charge is 0.00156 e. The van der Waals surface area contributed by atoms with Crippen molar-refractivity contribution in [1.82, 2.24) is 10.2 Å². The minimum absolute atomic E-state index is 0.917. The summed E-state index contributed by atoms with van der Waals surface area (Å²) < 4.78 is 0. The van der Waals surface area contributed by atoms with Crippen LogP contribution in [-0.2, 0) is 0 Å². The molecule has 15 heavy (non-hydrogen) atoms. The van der Waals surface area contributed by atoms with E-state index in [1.54, 1.807) is 0 Å². The van der Waals surface area contributed by atoms with E-state index in [0.29, 0.717) is 0 Å². The second kappa shape index (κ2) is 7.89. The van der Waals surface area contributed by atoms with Crippen LogP contribution in [0.5, 0.6) is 0 Å². The zero-order chi connectivity index (χ0) is 10.9. The molecule has 2 nitrogen and oxygen atoms in total. The Morgan fingerprint density at radius 3 is 2.73 bits per heavy atom. The number of allylic oxidation sites excluding steroid dienone is 1. The molecule has 2 heteroatoms. The molecule has 0 saturated carbocycles. The largest absolute Gasteiger partial charge is 0.317 e. The number of unbranched alkanes of at least 4 members (excludes halogenated alkanes) is 1. The zero-order valence-electron chi connectivity index (χ0n) is 10.2. The third kappa shape index (κ3) is 5.33. The number of rotatable bonds is 7. The van der Waals surface area contributed by atoms with Gasteiger partial charge in [-0.3, -0.25) is 0 Å². The molecule has 1 N–H and O–H groups in total. The van der Waals surface area contributed by atoms with Gasteiger partial charge in [-0.05, 0) is 64.3 Å². The minimum atomic E-state index is 0.917. The second-order valence-electron chi connectivity index (χ2n) is 4.52. The van der Waals surface area contributed by atoms with Gasteiger partial charge in [0.15, 0.2) is 0 Å². The summed E-state index contributed by atoms with van der Waals surface area (Å²) in [6, 6.07) is 0.